The molecule has 0 heterocycles. The van der Waals surface area contributed by atoms with Crippen molar-refractivity contribution >= 4 is 11.6 Å². The van der Waals surface area contributed by atoms with Crippen LogP contribution in [-0.2, 0) is 0 Å². The number of nitrogens with zero attached hydrogens (tertiary/aromatic N) is 1. The molecule has 18 heavy (non-hydrogen) atoms. The summed E-state index contributed by atoms with van der Waals surface area (Å²) in [7, 11) is 0. The van der Waals surface area contributed by atoms with E-state index in [1.54, 1.807) is 5.54 Å². The summed E-state index contributed by atoms with van der Waals surface area (Å²) in [6.07, 6.45) is 10.0. The SMILES string of the molecule is CCCC[N+](CC=CCl)(CCCC)CCCC.[Cl-]. The zero-order valence-electron chi connectivity index (χ0n) is 12.4. The van der Waals surface area contributed by atoms with Crippen molar-refractivity contribution < 1.29 is 16.9 Å². The van der Waals surface area contributed by atoms with Crippen molar-refractivity contribution in [3.63, 3.8) is 0 Å². The van der Waals surface area contributed by atoms with Crippen LogP contribution >= 0.6 is 11.6 Å². The highest BCUT2D eigenvalue weighted by Crippen LogP contribution is 2.15. The fraction of sp³-hybridized carbons (Fsp3) is 0.867. The van der Waals surface area contributed by atoms with Crippen LogP contribution in [0.3, 0.4) is 0 Å². The van der Waals surface area contributed by atoms with E-state index >= 15 is 0 Å². The van der Waals surface area contributed by atoms with Crippen molar-refractivity contribution in [2.75, 3.05) is 26.2 Å². The molecule has 0 amide bonds. The van der Waals surface area contributed by atoms with Crippen molar-refractivity contribution in [1.29, 1.82) is 0 Å². The third-order valence-electron chi connectivity index (χ3n) is 3.54. The molecule has 110 valence electrons. The Morgan fingerprint density at radius 2 is 1.22 bits per heavy atom. The summed E-state index contributed by atoms with van der Waals surface area (Å²) in [6, 6.07) is 0. The Hall–Kier alpha value is 0.280. The predicted molar refractivity (Wildman–Crippen MR) is 79.4 cm³/mol. The van der Waals surface area contributed by atoms with Gasteiger partial charge in [-0.15, -0.1) is 0 Å². The van der Waals surface area contributed by atoms with Gasteiger partial charge in [0.1, 0.15) is 0 Å². The minimum Gasteiger partial charge on any atom is -1.00 e. The normalized spacial score (nSPS) is 11.8. The van der Waals surface area contributed by atoms with Gasteiger partial charge in [0.15, 0.2) is 0 Å². The molecule has 0 rings (SSSR count). The van der Waals surface area contributed by atoms with Gasteiger partial charge < -0.3 is 16.9 Å². The molecule has 0 saturated carbocycles. The Bertz CT molecular complexity index is 171. The highest BCUT2D eigenvalue weighted by molar-refractivity contribution is 6.25. The van der Waals surface area contributed by atoms with Crippen LogP contribution in [-0.4, -0.2) is 30.7 Å². The maximum atomic E-state index is 5.72. The molecule has 3 heteroatoms. The molecule has 0 aromatic rings. The second-order valence-corrected chi connectivity index (χ2v) is 5.37. The van der Waals surface area contributed by atoms with Gasteiger partial charge in [0, 0.05) is 5.54 Å². The summed E-state index contributed by atoms with van der Waals surface area (Å²) < 4.78 is 1.25. The van der Waals surface area contributed by atoms with E-state index in [1.807, 2.05) is 0 Å². The molecule has 1 nitrogen and oxygen atoms in total. The van der Waals surface area contributed by atoms with Crippen LogP contribution in [0.25, 0.3) is 0 Å². The molecule has 0 radical (unpaired) electrons. The topological polar surface area (TPSA) is 0 Å². The highest BCUT2D eigenvalue weighted by Gasteiger charge is 2.23. The second-order valence-electron chi connectivity index (χ2n) is 5.12. The average molecular weight is 296 g/mol. The maximum Gasteiger partial charge on any atom is 0.0985 e. The van der Waals surface area contributed by atoms with E-state index in [1.165, 1.54) is 62.6 Å². The van der Waals surface area contributed by atoms with Gasteiger partial charge in [-0.05, 0) is 25.3 Å². The zero-order chi connectivity index (χ0) is 13.0. The Labute approximate surface area is 126 Å². The molecule has 0 saturated heterocycles. The van der Waals surface area contributed by atoms with Crippen LogP contribution in [0.2, 0.25) is 0 Å². The van der Waals surface area contributed by atoms with Crippen LogP contribution < -0.4 is 12.4 Å². The maximum absolute atomic E-state index is 5.72. The van der Waals surface area contributed by atoms with E-state index < -0.39 is 0 Å². The first-order valence-corrected chi connectivity index (χ1v) is 7.78. The first-order chi connectivity index (χ1) is 8.24. The highest BCUT2D eigenvalue weighted by atomic mass is 35.5. The Morgan fingerprint density at radius 1 is 0.833 bits per heavy atom. The van der Waals surface area contributed by atoms with E-state index in [2.05, 4.69) is 26.8 Å². The fourth-order valence-electron chi connectivity index (χ4n) is 2.35. The molecule has 0 unspecified atom stereocenters. The van der Waals surface area contributed by atoms with Crippen LogP contribution in [0, 0.1) is 0 Å². The molecule has 0 aliphatic rings. The molecule has 0 bridgehead atoms. The fourth-order valence-corrected chi connectivity index (χ4v) is 2.43. The summed E-state index contributed by atoms with van der Waals surface area (Å²) in [5, 5.41) is 0. The summed E-state index contributed by atoms with van der Waals surface area (Å²) in [4.78, 5) is 0. The predicted octanol–water partition coefficient (Wildman–Crippen LogP) is 1.96. The molecule has 0 fully saturated rings. The molecular formula is C15H31Cl2N. The van der Waals surface area contributed by atoms with Crippen LogP contribution in [0.4, 0.5) is 0 Å². The average Bonchev–Trinajstić information content (AvgIpc) is 2.37. The number of hydrogen-bond donors (Lipinski definition) is 0. The number of rotatable bonds is 11. The smallest absolute Gasteiger partial charge is 0.0985 e. The molecule has 0 N–H and O–H groups in total. The second kappa shape index (κ2) is 13.7. The number of unbranched alkanes of at least 4 members (excludes halogenated alkanes) is 3. The van der Waals surface area contributed by atoms with Crippen LogP contribution in [0.15, 0.2) is 11.6 Å². The van der Waals surface area contributed by atoms with E-state index in [4.69, 9.17) is 11.6 Å². The first kappa shape index (κ1) is 20.6. The minimum atomic E-state index is 0. The van der Waals surface area contributed by atoms with E-state index in [0.29, 0.717) is 0 Å². The minimum absolute atomic E-state index is 0. The van der Waals surface area contributed by atoms with Gasteiger partial charge in [-0.3, -0.25) is 0 Å². The van der Waals surface area contributed by atoms with Gasteiger partial charge in [0.25, 0.3) is 0 Å². The van der Waals surface area contributed by atoms with Gasteiger partial charge in [0.2, 0.25) is 0 Å². The van der Waals surface area contributed by atoms with E-state index in [0.717, 1.165) is 6.54 Å². The van der Waals surface area contributed by atoms with Gasteiger partial charge >= 0.3 is 0 Å². The molecule has 0 aromatic heterocycles. The Kier molecular flexibility index (Phi) is 15.7. The Balaban J connectivity index is 0. The quantitative estimate of drug-likeness (QED) is 0.511. The van der Waals surface area contributed by atoms with E-state index in [-0.39, 0.29) is 12.4 Å². The third kappa shape index (κ3) is 9.24. The standard InChI is InChI=1S/C15H31ClN.ClH/c1-4-7-12-17(13-8-5-2,14-9-6-3)15-10-11-16;/h10-11H,4-9,12-15H2,1-3H3;1H/q+1;/p-1. The van der Waals surface area contributed by atoms with Crippen LogP contribution in [0.5, 0.6) is 0 Å². The van der Waals surface area contributed by atoms with Crippen molar-refractivity contribution in [2.45, 2.75) is 59.3 Å². The van der Waals surface area contributed by atoms with Crippen molar-refractivity contribution in [1.82, 2.24) is 0 Å². The number of hydrogen-bond acceptors (Lipinski definition) is 0. The lowest BCUT2D eigenvalue weighted by molar-refractivity contribution is -0.923. The third-order valence-corrected chi connectivity index (χ3v) is 3.72. The largest absolute Gasteiger partial charge is 1.00 e. The monoisotopic (exact) mass is 295 g/mol. The van der Waals surface area contributed by atoms with Crippen molar-refractivity contribution in [2.24, 2.45) is 0 Å². The summed E-state index contributed by atoms with van der Waals surface area (Å²) in [5.74, 6) is 0. The molecule has 0 aliphatic heterocycles. The lowest BCUT2D eigenvalue weighted by Crippen LogP contribution is -3.00. The first-order valence-electron chi connectivity index (χ1n) is 7.35. The van der Waals surface area contributed by atoms with Crippen LogP contribution in [0.1, 0.15) is 59.3 Å². The number of halogens is 2. The molecule has 0 aromatic carbocycles. The molecule has 0 atom stereocenters. The van der Waals surface area contributed by atoms with Crippen molar-refractivity contribution in [3.05, 3.63) is 11.6 Å². The molecule has 0 spiro atoms. The summed E-state index contributed by atoms with van der Waals surface area (Å²) in [6.45, 7) is 11.9. The summed E-state index contributed by atoms with van der Waals surface area (Å²) >= 11 is 5.72. The Morgan fingerprint density at radius 3 is 1.50 bits per heavy atom. The van der Waals surface area contributed by atoms with Gasteiger partial charge in [-0.2, -0.15) is 0 Å². The summed E-state index contributed by atoms with van der Waals surface area (Å²) in [5.41, 5.74) is 1.69. The lowest BCUT2D eigenvalue weighted by Gasteiger charge is -2.38. The van der Waals surface area contributed by atoms with Gasteiger partial charge in [0.05, 0.1) is 26.2 Å². The zero-order valence-corrected chi connectivity index (χ0v) is 13.9. The van der Waals surface area contributed by atoms with Gasteiger partial charge in [-0.25, -0.2) is 0 Å². The molecule has 0 aliphatic carbocycles. The molecular weight excluding hydrogens is 265 g/mol. The van der Waals surface area contributed by atoms with E-state index in [9.17, 15) is 0 Å². The van der Waals surface area contributed by atoms with Crippen molar-refractivity contribution in [3.8, 4) is 0 Å². The number of quaternary nitrogens is 1. The van der Waals surface area contributed by atoms with Gasteiger partial charge in [-0.1, -0.05) is 51.6 Å². The lowest BCUT2D eigenvalue weighted by atomic mass is 10.1.